The van der Waals surface area contributed by atoms with Crippen LogP contribution in [0, 0.1) is 0 Å². The summed E-state index contributed by atoms with van der Waals surface area (Å²) < 4.78 is 37.4. The minimum Gasteiger partial charge on any atom is -0.497 e. The predicted molar refractivity (Wildman–Crippen MR) is 110 cm³/mol. The molecule has 156 valence electrons. The molecule has 0 atom stereocenters. The van der Waals surface area contributed by atoms with Gasteiger partial charge in [0.25, 0.3) is 0 Å². The lowest BCUT2D eigenvalue weighted by Crippen LogP contribution is -2.35. The van der Waals surface area contributed by atoms with Crippen molar-refractivity contribution in [2.45, 2.75) is 43.6 Å². The lowest BCUT2D eigenvalue weighted by Gasteiger charge is -2.25. The zero-order valence-corrected chi connectivity index (χ0v) is 17.5. The number of esters is 1. The van der Waals surface area contributed by atoms with Crippen LogP contribution in [0.3, 0.4) is 0 Å². The smallest absolute Gasteiger partial charge is 0.306 e. The number of benzene rings is 2. The first-order valence-corrected chi connectivity index (χ1v) is 11.3. The summed E-state index contributed by atoms with van der Waals surface area (Å²) in [6, 6.07) is 14.2. The van der Waals surface area contributed by atoms with E-state index in [1.165, 1.54) is 0 Å². The van der Waals surface area contributed by atoms with Gasteiger partial charge in [-0.15, -0.1) is 0 Å². The highest BCUT2D eigenvalue weighted by molar-refractivity contribution is 7.89. The van der Waals surface area contributed by atoms with Gasteiger partial charge in [0, 0.05) is 19.5 Å². The van der Waals surface area contributed by atoms with Crippen molar-refractivity contribution in [3.63, 3.8) is 0 Å². The molecule has 2 aromatic carbocycles. The summed E-state index contributed by atoms with van der Waals surface area (Å²) >= 11 is 0. The van der Waals surface area contributed by atoms with Gasteiger partial charge in [0.2, 0.25) is 10.0 Å². The third kappa shape index (κ3) is 5.81. The molecule has 1 saturated heterocycles. The average Bonchev–Trinajstić information content (AvgIpc) is 2.77. The van der Waals surface area contributed by atoms with E-state index in [0.717, 1.165) is 36.1 Å². The van der Waals surface area contributed by atoms with Crippen LogP contribution in [0.4, 0.5) is 0 Å². The average molecular weight is 418 g/mol. The summed E-state index contributed by atoms with van der Waals surface area (Å²) in [4.78, 5) is 12.3. The Morgan fingerprint density at radius 1 is 1.00 bits per heavy atom. The largest absolute Gasteiger partial charge is 0.497 e. The number of methoxy groups -OCH3 is 1. The van der Waals surface area contributed by atoms with E-state index < -0.39 is 10.0 Å². The molecule has 0 saturated carbocycles. The van der Waals surface area contributed by atoms with Gasteiger partial charge < -0.3 is 9.47 Å². The molecule has 1 heterocycles. The molecule has 0 amide bonds. The van der Waals surface area contributed by atoms with Gasteiger partial charge in [0.05, 0.1) is 12.0 Å². The second kappa shape index (κ2) is 9.89. The molecule has 3 rings (SSSR count). The number of piperidine rings is 1. The van der Waals surface area contributed by atoms with E-state index in [0.29, 0.717) is 24.4 Å². The number of nitrogens with zero attached hydrogens (tertiary/aromatic N) is 1. The number of carbonyl (C=O) groups is 1. The van der Waals surface area contributed by atoms with Crippen molar-refractivity contribution in [1.82, 2.24) is 4.31 Å². The lowest BCUT2D eigenvalue weighted by atomic mass is 10.1. The minimum absolute atomic E-state index is 0.197. The van der Waals surface area contributed by atoms with Crippen molar-refractivity contribution in [1.29, 1.82) is 0 Å². The Balaban J connectivity index is 1.50. The van der Waals surface area contributed by atoms with Crippen LogP contribution in [-0.2, 0) is 32.6 Å². The van der Waals surface area contributed by atoms with Gasteiger partial charge in [-0.25, -0.2) is 8.42 Å². The number of rotatable bonds is 8. The fraction of sp³-hybridized carbons (Fsp3) is 0.409. The van der Waals surface area contributed by atoms with Crippen LogP contribution in [0.5, 0.6) is 5.75 Å². The minimum atomic E-state index is -3.42. The predicted octanol–water partition coefficient (Wildman–Crippen LogP) is 3.55. The summed E-state index contributed by atoms with van der Waals surface area (Å²) in [6.45, 7) is 1.37. The highest BCUT2D eigenvalue weighted by Crippen LogP contribution is 2.21. The number of hydrogen-bond donors (Lipinski definition) is 0. The monoisotopic (exact) mass is 417 g/mol. The molecule has 0 aliphatic carbocycles. The molecule has 29 heavy (non-hydrogen) atoms. The molecule has 6 nitrogen and oxygen atoms in total. The highest BCUT2D eigenvalue weighted by Gasteiger charge is 2.25. The fourth-order valence-electron chi connectivity index (χ4n) is 3.33. The van der Waals surface area contributed by atoms with Crippen LogP contribution in [0.1, 0.15) is 36.8 Å². The molecule has 0 aromatic heterocycles. The van der Waals surface area contributed by atoms with Crippen LogP contribution in [0.15, 0.2) is 53.4 Å². The second-order valence-corrected chi connectivity index (χ2v) is 9.06. The molecule has 0 unspecified atom stereocenters. The zero-order valence-electron chi connectivity index (χ0n) is 16.7. The van der Waals surface area contributed by atoms with E-state index in [-0.39, 0.29) is 19.0 Å². The fourth-order valence-corrected chi connectivity index (χ4v) is 4.84. The summed E-state index contributed by atoms with van der Waals surface area (Å²) in [5.41, 5.74) is 1.77. The number of hydrogen-bond acceptors (Lipinski definition) is 5. The van der Waals surface area contributed by atoms with Crippen LogP contribution < -0.4 is 4.74 Å². The highest BCUT2D eigenvalue weighted by atomic mass is 32.2. The molecule has 0 spiro atoms. The summed E-state index contributed by atoms with van der Waals surface area (Å²) in [5.74, 6) is 0.427. The van der Waals surface area contributed by atoms with Crippen molar-refractivity contribution in [3.05, 3.63) is 59.7 Å². The van der Waals surface area contributed by atoms with Crippen molar-refractivity contribution >= 4 is 16.0 Å². The molecule has 7 heteroatoms. The summed E-state index contributed by atoms with van der Waals surface area (Å²) in [5, 5.41) is 0. The number of carbonyl (C=O) groups excluding carboxylic acids is 1. The van der Waals surface area contributed by atoms with E-state index >= 15 is 0 Å². The van der Waals surface area contributed by atoms with E-state index in [1.807, 2.05) is 24.3 Å². The Hall–Kier alpha value is -2.38. The Morgan fingerprint density at radius 2 is 1.72 bits per heavy atom. The topological polar surface area (TPSA) is 72.9 Å². The van der Waals surface area contributed by atoms with Crippen LogP contribution in [0.25, 0.3) is 0 Å². The summed E-state index contributed by atoms with van der Waals surface area (Å²) in [7, 11) is -1.83. The SMILES string of the molecule is COc1cccc(COC(=O)CCc2ccc(S(=O)(=O)N3CCCCC3)cc2)c1. The maximum absolute atomic E-state index is 12.7. The van der Waals surface area contributed by atoms with E-state index in [2.05, 4.69) is 0 Å². The Bertz CT molecular complexity index is 918. The standard InChI is InChI=1S/C22H27NO5S/c1-27-20-7-5-6-19(16-20)17-28-22(24)13-10-18-8-11-21(12-9-18)29(25,26)23-14-3-2-4-15-23/h5-9,11-12,16H,2-4,10,13-15,17H2,1H3. The Kier molecular flexibility index (Phi) is 7.28. The third-order valence-electron chi connectivity index (χ3n) is 5.03. The number of sulfonamides is 1. The van der Waals surface area contributed by atoms with Gasteiger partial charge in [-0.05, 0) is 54.7 Å². The Labute approximate surface area is 172 Å². The van der Waals surface area contributed by atoms with Gasteiger partial charge in [0.15, 0.2) is 0 Å². The molecule has 2 aromatic rings. The van der Waals surface area contributed by atoms with Gasteiger partial charge in [0.1, 0.15) is 12.4 Å². The molecule has 0 N–H and O–H groups in total. The van der Waals surface area contributed by atoms with E-state index in [4.69, 9.17) is 9.47 Å². The lowest BCUT2D eigenvalue weighted by molar-refractivity contribution is -0.144. The van der Waals surface area contributed by atoms with Gasteiger partial charge >= 0.3 is 5.97 Å². The molecular weight excluding hydrogens is 390 g/mol. The molecule has 0 bridgehead atoms. The first-order chi connectivity index (χ1) is 14.0. The van der Waals surface area contributed by atoms with Crippen LogP contribution >= 0.6 is 0 Å². The van der Waals surface area contributed by atoms with Crippen LogP contribution in [-0.4, -0.2) is 38.9 Å². The van der Waals surface area contributed by atoms with Crippen molar-refractivity contribution < 1.29 is 22.7 Å². The molecular formula is C22H27NO5S. The zero-order chi connectivity index (χ0) is 20.7. The van der Waals surface area contributed by atoms with Crippen molar-refractivity contribution in [3.8, 4) is 5.75 Å². The van der Waals surface area contributed by atoms with E-state index in [1.54, 1.807) is 35.7 Å². The molecule has 1 fully saturated rings. The quantitative estimate of drug-likeness (QED) is 0.614. The Morgan fingerprint density at radius 3 is 2.41 bits per heavy atom. The number of ether oxygens (including phenoxy) is 2. The maximum atomic E-state index is 12.7. The third-order valence-corrected chi connectivity index (χ3v) is 6.94. The first kappa shape index (κ1) is 21.3. The maximum Gasteiger partial charge on any atom is 0.306 e. The molecule has 1 aliphatic rings. The van der Waals surface area contributed by atoms with Crippen molar-refractivity contribution in [2.24, 2.45) is 0 Å². The normalized spacial score (nSPS) is 15.1. The molecule has 1 aliphatic heterocycles. The van der Waals surface area contributed by atoms with Crippen molar-refractivity contribution in [2.75, 3.05) is 20.2 Å². The van der Waals surface area contributed by atoms with Gasteiger partial charge in [-0.1, -0.05) is 30.7 Å². The first-order valence-electron chi connectivity index (χ1n) is 9.87. The van der Waals surface area contributed by atoms with E-state index in [9.17, 15) is 13.2 Å². The number of aryl methyl sites for hydroxylation is 1. The molecule has 0 radical (unpaired) electrons. The van der Waals surface area contributed by atoms with Crippen LogP contribution in [0.2, 0.25) is 0 Å². The van der Waals surface area contributed by atoms with Gasteiger partial charge in [-0.3, -0.25) is 4.79 Å². The second-order valence-electron chi connectivity index (χ2n) is 7.12. The van der Waals surface area contributed by atoms with Gasteiger partial charge in [-0.2, -0.15) is 4.31 Å². The summed E-state index contributed by atoms with van der Waals surface area (Å²) in [6.07, 6.45) is 3.65.